The highest BCUT2D eigenvalue weighted by atomic mass is 32.2. The van der Waals surface area contributed by atoms with E-state index in [9.17, 15) is 16.8 Å². The summed E-state index contributed by atoms with van der Waals surface area (Å²) in [5.74, 6) is 0. The summed E-state index contributed by atoms with van der Waals surface area (Å²) in [5, 5.41) is 0. The zero-order chi connectivity index (χ0) is 22.9. The van der Waals surface area contributed by atoms with Gasteiger partial charge in [-0.25, -0.2) is 16.8 Å². The van der Waals surface area contributed by atoms with Gasteiger partial charge in [-0.2, -0.15) is 8.61 Å². The second kappa shape index (κ2) is 8.94. The lowest BCUT2D eigenvalue weighted by Crippen LogP contribution is -2.39. The molecule has 0 fully saturated rings. The van der Waals surface area contributed by atoms with Crippen LogP contribution in [0.1, 0.15) is 24.0 Å². The summed E-state index contributed by atoms with van der Waals surface area (Å²) in [6.07, 6.45) is 8.61. The van der Waals surface area contributed by atoms with Crippen LogP contribution in [0.25, 0.3) is 0 Å². The molecular formula is C24H28N2O4S2. The molecule has 170 valence electrons. The molecular weight excluding hydrogens is 444 g/mol. The number of hydrogen-bond acceptors (Lipinski definition) is 4. The highest BCUT2D eigenvalue weighted by Crippen LogP contribution is 2.29. The van der Waals surface area contributed by atoms with E-state index in [2.05, 4.69) is 0 Å². The van der Waals surface area contributed by atoms with E-state index >= 15 is 0 Å². The predicted molar refractivity (Wildman–Crippen MR) is 125 cm³/mol. The molecule has 0 spiro atoms. The molecule has 2 aromatic rings. The van der Waals surface area contributed by atoms with E-state index in [-0.39, 0.29) is 21.9 Å². The third-order valence-electron chi connectivity index (χ3n) is 6.04. The van der Waals surface area contributed by atoms with E-state index in [4.69, 9.17) is 0 Å². The summed E-state index contributed by atoms with van der Waals surface area (Å²) in [5.41, 5.74) is 2.01. The third kappa shape index (κ3) is 4.45. The first kappa shape index (κ1) is 22.9. The second-order valence-corrected chi connectivity index (χ2v) is 12.1. The average molecular weight is 473 g/mol. The largest absolute Gasteiger partial charge is 0.243 e. The SMILES string of the molecule is Cc1ccc(S(=O)(=O)N2CC=C[C@@H]2CC[C@@H]2C=CCN2S(=O)(=O)c2ccc(C)cc2)cc1. The lowest BCUT2D eigenvalue weighted by Gasteiger charge is -2.28. The molecule has 0 saturated heterocycles. The highest BCUT2D eigenvalue weighted by molar-refractivity contribution is 7.89. The first-order valence-electron chi connectivity index (χ1n) is 10.7. The van der Waals surface area contributed by atoms with Crippen molar-refractivity contribution in [3.05, 3.63) is 84.0 Å². The van der Waals surface area contributed by atoms with Gasteiger partial charge in [-0.1, -0.05) is 59.7 Å². The van der Waals surface area contributed by atoms with E-state index < -0.39 is 20.0 Å². The minimum Gasteiger partial charge on any atom is -0.207 e. The average Bonchev–Trinajstić information content (AvgIpc) is 3.43. The second-order valence-electron chi connectivity index (χ2n) is 8.34. The van der Waals surface area contributed by atoms with E-state index in [0.29, 0.717) is 25.9 Å². The molecule has 0 unspecified atom stereocenters. The topological polar surface area (TPSA) is 74.8 Å². The van der Waals surface area contributed by atoms with Crippen LogP contribution >= 0.6 is 0 Å². The Morgan fingerprint density at radius 2 is 1.00 bits per heavy atom. The lowest BCUT2D eigenvalue weighted by atomic mass is 10.1. The van der Waals surface area contributed by atoms with Crippen LogP contribution in [-0.2, 0) is 20.0 Å². The van der Waals surface area contributed by atoms with Gasteiger partial charge < -0.3 is 0 Å². The van der Waals surface area contributed by atoms with E-state index in [1.807, 2.05) is 38.2 Å². The van der Waals surface area contributed by atoms with Crippen LogP contribution in [0.5, 0.6) is 0 Å². The van der Waals surface area contributed by atoms with Crippen LogP contribution in [-0.4, -0.2) is 50.6 Å². The Morgan fingerprint density at radius 1 is 0.656 bits per heavy atom. The lowest BCUT2D eigenvalue weighted by molar-refractivity contribution is 0.342. The molecule has 0 N–H and O–H groups in total. The van der Waals surface area contributed by atoms with Crippen LogP contribution in [0.2, 0.25) is 0 Å². The van der Waals surface area contributed by atoms with Gasteiger partial charge in [-0.05, 0) is 51.0 Å². The molecule has 2 atom stereocenters. The smallest absolute Gasteiger partial charge is 0.207 e. The Kier molecular flexibility index (Phi) is 6.40. The van der Waals surface area contributed by atoms with Gasteiger partial charge in [0.05, 0.1) is 9.79 Å². The van der Waals surface area contributed by atoms with Gasteiger partial charge in [0, 0.05) is 25.2 Å². The van der Waals surface area contributed by atoms with E-state index in [0.717, 1.165) is 11.1 Å². The number of rotatable bonds is 7. The Morgan fingerprint density at radius 3 is 1.34 bits per heavy atom. The van der Waals surface area contributed by atoms with Crippen molar-refractivity contribution in [1.29, 1.82) is 0 Å². The van der Waals surface area contributed by atoms with Crippen molar-refractivity contribution < 1.29 is 16.8 Å². The zero-order valence-corrected chi connectivity index (χ0v) is 19.9. The molecule has 6 nitrogen and oxygen atoms in total. The molecule has 2 aliphatic heterocycles. The summed E-state index contributed by atoms with van der Waals surface area (Å²) >= 11 is 0. The van der Waals surface area contributed by atoms with Gasteiger partial charge in [0.15, 0.2) is 0 Å². The quantitative estimate of drug-likeness (QED) is 0.577. The van der Waals surface area contributed by atoms with Crippen molar-refractivity contribution in [2.24, 2.45) is 0 Å². The first-order chi connectivity index (χ1) is 15.2. The molecule has 0 radical (unpaired) electrons. The summed E-state index contributed by atoms with van der Waals surface area (Å²) in [7, 11) is -7.24. The van der Waals surface area contributed by atoms with Gasteiger partial charge in [0.1, 0.15) is 0 Å². The number of aryl methyl sites for hydroxylation is 2. The van der Waals surface area contributed by atoms with Gasteiger partial charge in [-0.15, -0.1) is 0 Å². The Hall–Kier alpha value is -2.26. The van der Waals surface area contributed by atoms with Crippen molar-refractivity contribution in [3.63, 3.8) is 0 Å². The number of benzene rings is 2. The number of nitrogens with zero attached hydrogens (tertiary/aromatic N) is 2. The van der Waals surface area contributed by atoms with E-state index in [1.165, 1.54) is 8.61 Å². The van der Waals surface area contributed by atoms with Gasteiger partial charge in [0.25, 0.3) is 0 Å². The maximum Gasteiger partial charge on any atom is 0.243 e. The number of hydrogen-bond donors (Lipinski definition) is 0. The standard InChI is InChI=1S/C24H28N2O4S2/c1-19-7-13-23(14-8-19)31(27,28)25-17-3-5-21(25)11-12-22-6-4-18-26(22)32(29,30)24-15-9-20(2)10-16-24/h3-10,13-16,21-22H,11-12,17-18H2,1-2H3/t21-,22+. The van der Waals surface area contributed by atoms with Crippen molar-refractivity contribution in [2.45, 2.75) is 48.6 Å². The molecule has 0 aliphatic carbocycles. The van der Waals surface area contributed by atoms with Crippen LogP contribution < -0.4 is 0 Å². The molecule has 0 bridgehead atoms. The van der Waals surface area contributed by atoms with Crippen molar-refractivity contribution in [2.75, 3.05) is 13.1 Å². The molecule has 0 aromatic heterocycles. The Labute approximate surface area is 191 Å². The monoisotopic (exact) mass is 472 g/mol. The predicted octanol–water partition coefficient (Wildman–Crippen LogP) is 3.64. The van der Waals surface area contributed by atoms with Crippen LogP contribution in [0.3, 0.4) is 0 Å². The third-order valence-corrected chi connectivity index (χ3v) is 9.85. The molecule has 2 aliphatic rings. The highest BCUT2D eigenvalue weighted by Gasteiger charge is 2.35. The summed E-state index contributed by atoms with van der Waals surface area (Å²) in [4.78, 5) is 0.558. The van der Waals surface area contributed by atoms with Crippen LogP contribution in [0.4, 0.5) is 0 Å². The van der Waals surface area contributed by atoms with Crippen LogP contribution in [0, 0.1) is 13.8 Å². The van der Waals surface area contributed by atoms with Gasteiger partial charge in [0.2, 0.25) is 20.0 Å². The fourth-order valence-electron chi connectivity index (χ4n) is 4.17. The van der Waals surface area contributed by atoms with Gasteiger partial charge in [-0.3, -0.25) is 0 Å². The summed E-state index contributed by atoms with van der Waals surface area (Å²) in [6, 6.07) is 13.1. The minimum absolute atomic E-state index is 0.279. The molecule has 0 amide bonds. The summed E-state index contributed by atoms with van der Waals surface area (Å²) < 4.78 is 55.6. The molecule has 2 heterocycles. The fraction of sp³-hybridized carbons (Fsp3) is 0.333. The van der Waals surface area contributed by atoms with Crippen molar-refractivity contribution in [1.82, 2.24) is 8.61 Å². The fourth-order valence-corrected chi connectivity index (χ4v) is 7.30. The first-order valence-corrected chi connectivity index (χ1v) is 13.6. The minimum atomic E-state index is -3.62. The maximum atomic E-state index is 13.2. The van der Waals surface area contributed by atoms with Crippen LogP contribution in [0.15, 0.2) is 82.6 Å². The molecule has 32 heavy (non-hydrogen) atoms. The molecule has 2 aromatic carbocycles. The van der Waals surface area contributed by atoms with Crippen molar-refractivity contribution in [3.8, 4) is 0 Å². The Balaban J connectivity index is 1.47. The van der Waals surface area contributed by atoms with Crippen molar-refractivity contribution >= 4 is 20.0 Å². The normalized spacial score (nSPS) is 22.1. The molecule has 8 heteroatoms. The number of sulfonamides is 2. The molecule has 4 rings (SSSR count). The molecule has 0 saturated carbocycles. The maximum absolute atomic E-state index is 13.2. The summed E-state index contributed by atoms with van der Waals surface area (Å²) in [6.45, 7) is 4.49. The Bertz CT molecular complexity index is 1130. The zero-order valence-electron chi connectivity index (χ0n) is 18.3. The van der Waals surface area contributed by atoms with Gasteiger partial charge >= 0.3 is 0 Å². The van der Waals surface area contributed by atoms with E-state index in [1.54, 1.807) is 48.5 Å².